The van der Waals surface area contributed by atoms with Crippen molar-refractivity contribution in [2.75, 3.05) is 6.61 Å². The largest absolute Gasteiger partial charge is 0.461 e. The molecule has 2 aliphatic rings. The van der Waals surface area contributed by atoms with Gasteiger partial charge < -0.3 is 18.9 Å². The van der Waals surface area contributed by atoms with Crippen LogP contribution in [-0.4, -0.2) is 48.4 Å². The van der Waals surface area contributed by atoms with E-state index in [-0.39, 0.29) is 18.8 Å². The minimum atomic E-state index is -1.36. The van der Waals surface area contributed by atoms with Crippen molar-refractivity contribution in [2.24, 2.45) is 5.41 Å². The first-order valence-electron chi connectivity index (χ1n) is 10.3. The van der Waals surface area contributed by atoms with E-state index < -0.39 is 41.5 Å². The average molecular weight is 426 g/mol. The number of benzene rings is 2. The summed E-state index contributed by atoms with van der Waals surface area (Å²) >= 11 is 0. The third-order valence-electron chi connectivity index (χ3n) is 5.97. The van der Waals surface area contributed by atoms with Crippen molar-refractivity contribution in [1.82, 2.24) is 0 Å². The maximum absolute atomic E-state index is 13.0. The van der Waals surface area contributed by atoms with Crippen molar-refractivity contribution >= 4 is 28.5 Å². The lowest BCUT2D eigenvalue weighted by Crippen LogP contribution is -2.41. The fraction of sp³-hybridized carbons (Fsp3) is 0.458. The van der Waals surface area contributed by atoms with Gasteiger partial charge in [-0.2, -0.15) is 0 Å². The highest BCUT2D eigenvalue weighted by atomic mass is 16.8. The Bertz CT molecular complexity index is 1040. The van der Waals surface area contributed by atoms with Crippen molar-refractivity contribution in [3.8, 4) is 0 Å². The number of carbonyl (C=O) groups excluding carboxylic acids is 3. The lowest BCUT2D eigenvalue weighted by Gasteiger charge is -2.26. The summed E-state index contributed by atoms with van der Waals surface area (Å²) in [7, 11) is 0. The topological polar surface area (TPSA) is 88.1 Å². The SMILES string of the molecule is CC(=O)[C@](C)(Cc1ccc2ccccc2c1)C(=O)OC[C@H]1OC(=O)[C@@H]2OC(C)(C)O[C@H]12. The van der Waals surface area contributed by atoms with Gasteiger partial charge in [0.1, 0.15) is 23.9 Å². The molecule has 0 amide bonds. The van der Waals surface area contributed by atoms with Crippen molar-refractivity contribution in [3.63, 3.8) is 0 Å². The molecule has 2 aromatic carbocycles. The van der Waals surface area contributed by atoms with Crippen molar-refractivity contribution in [1.29, 1.82) is 0 Å². The van der Waals surface area contributed by atoms with E-state index in [0.717, 1.165) is 16.3 Å². The van der Waals surface area contributed by atoms with E-state index in [1.165, 1.54) is 6.92 Å². The number of esters is 2. The molecule has 31 heavy (non-hydrogen) atoms. The Hall–Kier alpha value is -2.77. The maximum Gasteiger partial charge on any atom is 0.338 e. The van der Waals surface area contributed by atoms with Gasteiger partial charge in [0.15, 0.2) is 18.0 Å². The average Bonchev–Trinajstić information content (AvgIpc) is 3.19. The molecule has 0 unspecified atom stereocenters. The Morgan fingerprint density at radius 1 is 1.10 bits per heavy atom. The Morgan fingerprint density at radius 2 is 1.81 bits per heavy atom. The van der Waals surface area contributed by atoms with Gasteiger partial charge in [-0.1, -0.05) is 42.5 Å². The number of cyclic esters (lactones) is 1. The number of ether oxygens (including phenoxy) is 4. The predicted molar refractivity (Wildman–Crippen MR) is 111 cm³/mol. The Kier molecular flexibility index (Phi) is 5.35. The second-order valence-corrected chi connectivity index (χ2v) is 8.84. The first kappa shape index (κ1) is 21.5. The van der Waals surface area contributed by atoms with Crippen LogP contribution in [0.3, 0.4) is 0 Å². The van der Waals surface area contributed by atoms with Crippen LogP contribution in [0.25, 0.3) is 10.8 Å². The fourth-order valence-electron chi connectivity index (χ4n) is 4.07. The Balaban J connectivity index is 1.46. The molecular weight excluding hydrogens is 400 g/mol. The third-order valence-corrected chi connectivity index (χ3v) is 5.97. The van der Waals surface area contributed by atoms with Crippen LogP contribution in [0.1, 0.15) is 33.3 Å². The monoisotopic (exact) mass is 426 g/mol. The lowest BCUT2D eigenvalue weighted by atomic mass is 9.80. The number of rotatable bonds is 6. The summed E-state index contributed by atoms with van der Waals surface area (Å²) in [6.07, 6.45) is -2.07. The number of hydrogen-bond acceptors (Lipinski definition) is 7. The molecule has 2 fully saturated rings. The Morgan fingerprint density at radius 3 is 2.52 bits per heavy atom. The zero-order chi connectivity index (χ0) is 22.4. The summed E-state index contributed by atoms with van der Waals surface area (Å²) in [4.78, 5) is 37.5. The summed E-state index contributed by atoms with van der Waals surface area (Å²) in [5.41, 5.74) is -0.508. The molecule has 0 aliphatic carbocycles. The minimum Gasteiger partial charge on any atom is -0.461 e. The minimum absolute atomic E-state index is 0.203. The summed E-state index contributed by atoms with van der Waals surface area (Å²) in [6, 6.07) is 13.7. The zero-order valence-corrected chi connectivity index (χ0v) is 18.0. The molecule has 0 spiro atoms. The predicted octanol–water partition coefficient (Wildman–Crippen LogP) is 2.97. The molecule has 4 rings (SSSR count). The van der Waals surface area contributed by atoms with Gasteiger partial charge in [-0.25, -0.2) is 4.79 Å². The molecule has 4 atom stereocenters. The van der Waals surface area contributed by atoms with Crippen LogP contribution in [0.4, 0.5) is 0 Å². The van der Waals surface area contributed by atoms with E-state index in [4.69, 9.17) is 18.9 Å². The fourth-order valence-corrected chi connectivity index (χ4v) is 4.07. The molecule has 0 radical (unpaired) electrons. The van der Waals surface area contributed by atoms with E-state index in [9.17, 15) is 14.4 Å². The lowest BCUT2D eigenvalue weighted by molar-refractivity contribution is -0.192. The highest BCUT2D eigenvalue weighted by Gasteiger charge is 2.56. The molecule has 2 aromatic rings. The van der Waals surface area contributed by atoms with E-state index in [1.54, 1.807) is 20.8 Å². The third kappa shape index (κ3) is 4.07. The van der Waals surface area contributed by atoms with Gasteiger partial charge in [0, 0.05) is 0 Å². The summed E-state index contributed by atoms with van der Waals surface area (Å²) < 4.78 is 22.0. The molecule has 0 N–H and O–H groups in total. The first-order valence-corrected chi connectivity index (χ1v) is 10.3. The molecule has 0 bridgehead atoms. The zero-order valence-electron chi connectivity index (χ0n) is 18.0. The standard InChI is InChI=1S/C24H26O7/c1-14(25)24(4,12-15-9-10-16-7-5-6-8-17(16)11-15)22(27)28-13-18-19-20(21(26)29-18)31-23(2,3)30-19/h5-11,18-20H,12-13H2,1-4H3/t18-,19-,20-,24+/m1/s1. The number of carbonyl (C=O) groups is 3. The van der Waals surface area contributed by atoms with Gasteiger partial charge >= 0.3 is 11.9 Å². The van der Waals surface area contributed by atoms with E-state index in [1.807, 2.05) is 42.5 Å². The van der Waals surface area contributed by atoms with E-state index >= 15 is 0 Å². The maximum atomic E-state index is 13.0. The van der Waals surface area contributed by atoms with Crippen LogP contribution in [0, 0.1) is 5.41 Å². The normalized spacial score (nSPS) is 26.2. The summed E-state index contributed by atoms with van der Waals surface area (Å²) in [5, 5.41) is 2.11. The molecule has 2 saturated heterocycles. The van der Waals surface area contributed by atoms with Crippen LogP contribution >= 0.6 is 0 Å². The smallest absolute Gasteiger partial charge is 0.338 e. The highest BCUT2D eigenvalue weighted by Crippen LogP contribution is 2.36. The molecule has 164 valence electrons. The molecule has 0 aromatic heterocycles. The molecule has 2 heterocycles. The van der Waals surface area contributed by atoms with Crippen LogP contribution in [0.15, 0.2) is 42.5 Å². The van der Waals surface area contributed by atoms with Crippen LogP contribution in [0.5, 0.6) is 0 Å². The van der Waals surface area contributed by atoms with Crippen LogP contribution in [0.2, 0.25) is 0 Å². The molecule has 0 saturated carbocycles. The van der Waals surface area contributed by atoms with Gasteiger partial charge in [0.05, 0.1) is 0 Å². The van der Waals surface area contributed by atoms with Crippen molar-refractivity contribution < 1.29 is 33.3 Å². The van der Waals surface area contributed by atoms with Gasteiger partial charge in [-0.15, -0.1) is 0 Å². The van der Waals surface area contributed by atoms with E-state index in [2.05, 4.69) is 0 Å². The van der Waals surface area contributed by atoms with Gasteiger partial charge in [-0.3, -0.25) is 9.59 Å². The van der Waals surface area contributed by atoms with Crippen molar-refractivity contribution in [3.05, 3.63) is 48.0 Å². The number of Topliss-reactive ketones (excluding diaryl/α,β-unsaturated/α-hetero) is 1. The second kappa shape index (κ2) is 7.73. The number of ketones is 1. The second-order valence-electron chi connectivity index (χ2n) is 8.84. The van der Waals surface area contributed by atoms with Gasteiger partial charge in [0.25, 0.3) is 0 Å². The van der Waals surface area contributed by atoms with Gasteiger partial charge in [-0.05, 0) is 50.5 Å². The quantitative estimate of drug-likeness (QED) is 0.518. The van der Waals surface area contributed by atoms with E-state index in [0.29, 0.717) is 0 Å². The molecule has 7 nitrogen and oxygen atoms in total. The van der Waals surface area contributed by atoms with Crippen LogP contribution in [-0.2, 0) is 39.8 Å². The van der Waals surface area contributed by atoms with Crippen LogP contribution < -0.4 is 0 Å². The first-order chi connectivity index (χ1) is 14.6. The van der Waals surface area contributed by atoms with Gasteiger partial charge in [0.2, 0.25) is 0 Å². The Labute approximate surface area is 180 Å². The van der Waals surface area contributed by atoms with Crippen molar-refractivity contribution in [2.45, 2.75) is 58.2 Å². The summed E-state index contributed by atoms with van der Waals surface area (Å²) in [6.45, 7) is 6.17. The number of fused-ring (bicyclic) bond motifs is 2. The molecule has 2 aliphatic heterocycles. The number of hydrogen-bond donors (Lipinski definition) is 0. The molecule has 7 heteroatoms. The summed E-state index contributed by atoms with van der Waals surface area (Å²) in [5.74, 6) is -2.41. The highest BCUT2D eigenvalue weighted by molar-refractivity contribution is 6.02. The molecular formula is C24H26O7.